The Morgan fingerprint density at radius 2 is 1.78 bits per heavy atom. The fourth-order valence-electron chi connectivity index (χ4n) is 3.87. The standard InChI is InChI=1S/C26H22FN5O5/c1-36-22-12-6-11-21(27)23(22)31-26(35)32(29-28-31)25(34)30(19-13-14-19)20-10-5-9-18(15-20)24(33)37-16-17-7-3-2-4-8-17/h2-12,15,19H,13-14,16H2,1H3. The first-order chi connectivity index (χ1) is 18.0. The van der Waals surface area contributed by atoms with Gasteiger partial charge in [-0.15, -0.1) is 4.68 Å². The van der Waals surface area contributed by atoms with Gasteiger partial charge in [0.25, 0.3) is 0 Å². The number of para-hydroxylation sites is 1. The summed E-state index contributed by atoms with van der Waals surface area (Å²) in [4.78, 5) is 40.6. The molecule has 4 aromatic rings. The number of anilines is 1. The molecular weight excluding hydrogens is 481 g/mol. The second-order valence-corrected chi connectivity index (χ2v) is 8.37. The summed E-state index contributed by atoms with van der Waals surface area (Å²) in [6.07, 6.45) is 1.41. The SMILES string of the molecule is COc1cccc(F)c1-n1nnn(C(=O)N(c2cccc(C(=O)OCc3ccccc3)c2)C2CC2)c1=O. The molecule has 1 amide bonds. The highest BCUT2D eigenvalue weighted by molar-refractivity contribution is 5.96. The van der Waals surface area contributed by atoms with E-state index in [-0.39, 0.29) is 29.6 Å². The normalized spacial score (nSPS) is 12.7. The predicted molar refractivity (Wildman–Crippen MR) is 130 cm³/mol. The molecule has 1 aromatic heterocycles. The summed E-state index contributed by atoms with van der Waals surface area (Å²) in [7, 11) is 1.32. The zero-order chi connectivity index (χ0) is 25.9. The first kappa shape index (κ1) is 23.9. The van der Waals surface area contributed by atoms with Gasteiger partial charge in [0.1, 0.15) is 18.0 Å². The van der Waals surface area contributed by atoms with Gasteiger partial charge in [0.2, 0.25) is 0 Å². The monoisotopic (exact) mass is 503 g/mol. The maximum atomic E-state index is 14.5. The minimum atomic E-state index is -0.961. The molecule has 0 N–H and O–H groups in total. The molecule has 0 saturated heterocycles. The first-order valence-corrected chi connectivity index (χ1v) is 11.5. The molecule has 0 spiro atoms. The van der Waals surface area contributed by atoms with Crippen LogP contribution >= 0.6 is 0 Å². The Balaban J connectivity index is 1.42. The molecule has 1 aliphatic rings. The number of tetrazole rings is 1. The van der Waals surface area contributed by atoms with E-state index in [0.717, 1.165) is 11.6 Å². The number of hydrogen-bond donors (Lipinski definition) is 0. The molecule has 1 heterocycles. The Labute approximate surface area is 210 Å². The van der Waals surface area contributed by atoms with Gasteiger partial charge < -0.3 is 9.47 Å². The van der Waals surface area contributed by atoms with E-state index in [2.05, 4.69) is 10.4 Å². The Morgan fingerprint density at radius 1 is 1.03 bits per heavy atom. The summed E-state index contributed by atoms with van der Waals surface area (Å²) < 4.78 is 26.3. The van der Waals surface area contributed by atoms with Gasteiger partial charge in [-0.1, -0.05) is 42.5 Å². The highest BCUT2D eigenvalue weighted by atomic mass is 19.1. The largest absolute Gasteiger partial charge is 0.494 e. The van der Waals surface area contributed by atoms with Crippen LogP contribution in [0.25, 0.3) is 5.69 Å². The number of methoxy groups -OCH3 is 1. The number of carbonyl (C=O) groups excluding carboxylic acids is 2. The molecule has 1 saturated carbocycles. The lowest BCUT2D eigenvalue weighted by molar-refractivity contribution is 0.0472. The highest BCUT2D eigenvalue weighted by Crippen LogP contribution is 2.33. The first-order valence-electron chi connectivity index (χ1n) is 11.5. The van der Waals surface area contributed by atoms with E-state index in [0.29, 0.717) is 27.9 Å². The number of halogens is 1. The van der Waals surface area contributed by atoms with Gasteiger partial charge in [-0.05, 0) is 59.2 Å². The number of benzene rings is 3. The summed E-state index contributed by atoms with van der Waals surface area (Å²) in [5.41, 5.74) is 0.272. The summed E-state index contributed by atoms with van der Waals surface area (Å²) in [5.74, 6) is -1.26. The summed E-state index contributed by atoms with van der Waals surface area (Å²) >= 11 is 0. The van der Waals surface area contributed by atoms with Crippen LogP contribution in [0.5, 0.6) is 5.75 Å². The Hall–Kier alpha value is -4.80. The fourth-order valence-corrected chi connectivity index (χ4v) is 3.87. The van der Waals surface area contributed by atoms with Crippen molar-refractivity contribution in [2.75, 3.05) is 12.0 Å². The molecule has 37 heavy (non-hydrogen) atoms. The Morgan fingerprint density at radius 3 is 2.51 bits per heavy atom. The molecule has 0 unspecified atom stereocenters. The molecule has 0 aliphatic heterocycles. The van der Waals surface area contributed by atoms with Gasteiger partial charge in [-0.25, -0.2) is 18.8 Å². The molecule has 10 nitrogen and oxygen atoms in total. The molecule has 3 aromatic carbocycles. The fraction of sp³-hybridized carbons (Fsp3) is 0.192. The van der Waals surface area contributed by atoms with Gasteiger partial charge in [-0.3, -0.25) is 4.90 Å². The van der Waals surface area contributed by atoms with Crippen molar-refractivity contribution in [2.45, 2.75) is 25.5 Å². The molecule has 5 rings (SSSR count). The second-order valence-electron chi connectivity index (χ2n) is 8.37. The van der Waals surface area contributed by atoms with Crippen LogP contribution in [-0.2, 0) is 11.3 Å². The van der Waals surface area contributed by atoms with Crippen molar-refractivity contribution in [3.05, 3.63) is 100 Å². The average molecular weight is 503 g/mol. The van der Waals surface area contributed by atoms with Crippen molar-refractivity contribution in [2.24, 2.45) is 0 Å². The van der Waals surface area contributed by atoms with E-state index in [9.17, 15) is 18.8 Å². The van der Waals surface area contributed by atoms with Gasteiger partial charge in [0.05, 0.1) is 12.7 Å². The summed E-state index contributed by atoms with van der Waals surface area (Å²) in [6.45, 7) is 0.104. The molecule has 1 fully saturated rings. The maximum absolute atomic E-state index is 14.5. The molecule has 11 heteroatoms. The van der Waals surface area contributed by atoms with Crippen LogP contribution in [0.15, 0.2) is 77.6 Å². The van der Waals surface area contributed by atoms with Crippen LogP contribution in [0.1, 0.15) is 28.8 Å². The lowest BCUT2D eigenvalue weighted by atomic mass is 10.2. The number of rotatable bonds is 7. The molecular formula is C26H22FN5O5. The van der Waals surface area contributed by atoms with Crippen LogP contribution in [0.3, 0.4) is 0 Å². The van der Waals surface area contributed by atoms with Crippen molar-refractivity contribution < 1.29 is 23.5 Å². The summed E-state index contributed by atoms with van der Waals surface area (Å²) in [5, 5.41) is 7.40. The van der Waals surface area contributed by atoms with Crippen LogP contribution < -0.4 is 15.3 Å². The number of hydrogen-bond acceptors (Lipinski definition) is 7. The van der Waals surface area contributed by atoms with Crippen molar-refractivity contribution in [3.63, 3.8) is 0 Å². The zero-order valence-corrected chi connectivity index (χ0v) is 19.8. The molecule has 0 bridgehead atoms. The predicted octanol–water partition coefficient (Wildman–Crippen LogP) is 3.57. The van der Waals surface area contributed by atoms with Crippen LogP contribution in [0.4, 0.5) is 14.9 Å². The Bertz CT molecular complexity index is 1510. The van der Waals surface area contributed by atoms with Crippen molar-refractivity contribution >= 4 is 17.7 Å². The quantitative estimate of drug-likeness (QED) is 0.280. The van der Waals surface area contributed by atoms with Crippen LogP contribution in [0, 0.1) is 5.82 Å². The van der Waals surface area contributed by atoms with Crippen molar-refractivity contribution in [1.82, 2.24) is 19.8 Å². The highest BCUT2D eigenvalue weighted by Gasteiger charge is 2.37. The van der Waals surface area contributed by atoms with Gasteiger partial charge >= 0.3 is 17.7 Å². The lowest BCUT2D eigenvalue weighted by Crippen LogP contribution is -2.42. The number of esters is 1. The number of aromatic nitrogens is 4. The van der Waals surface area contributed by atoms with E-state index in [4.69, 9.17) is 9.47 Å². The minimum Gasteiger partial charge on any atom is -0.494 e. The third-order valence-electron chi connectivity index (χ3n) is 5.83. The Kier molecular flexibility index (Phi) is 6.50. The lowest BCUT2D eigenvalue weighted by Gasteiger charge is -2.21. The van der Waals surface area contributed by atoms with E-state index >= 15 is 0 Å². The molecule has 0 radical (unpaired) electrons. The summed E-state index contributed by atoms with van der Waals surface area (Å²) in [6, 6.07) is 18.7. The van der Waals surface area contributed by atoms with Crippen molar-refractivity contribution in [3.8, 4) is 11.4 Å². The van der Waals surface area contributed by atoms with Crippen LogP contribution in [-0.4, -0.2) is 44.9 Å². The smallest absolute Gasteiger partial charge is 0.377 e. The molecule has 1 aliphatic carbocycles. The number of carbonyl (C=O) groups is 2. The maximum Gasteiger partial charge on any atom is 0.377 e. The van der Waals surface area contributed by atoms with Gasteiger partial charge in [0.15, 0.2) is 5.82 Å². The van der Waals surface area contributed by atoms with E-state index < -0.39 is 23.5 Å². The third kappa shape index (κ3) is 4.83. The topological polar surface area (TPSA) is 109 Å². The molecule has 0 atom stereocenters. The minimum absolute atomic E-state index is 0.0577. The second kappa shape index (κ2) is 10.1. The van der Waals surface area contributed by atoms with E-state index in [1.807, 2.05) is 30.3 Å². The van der Waals surface area contributed by atoms with E-state index in [1.165, 1.54) is 30.2 Å². The third-order valence-corrected chi connectivity index (χ3v) is 5.83. The number of amides is 1. The van der Waals surface area contributed by atoms with Gasteiger partial charge in [0, 0.05) is 11.7 Å². The number of nitrogens with zero attached hydrogens (tertiary/aromatic N) is 5. The van der Waals surface area contributed by atoms with Crippen LogP contribution in [0.2, 0.25) is 0 Å². The molecule has 188 valence electrons. The van der Waals surface area contributed by atoms with Crippen molar-refractivity contribution in [1.29, 1.82) is 0 Å². The number of ether oxygens (including phenoxy) is 2. The zero-order valence-electron chi connectivity index (χ0n) is 19.8. The van der Waals surface area contributed by atoms with E-state index in [1.54, 1.807) is 18.2 Å². The average Bonchev–Trinajstić information content (AvgIpc) is 3.68. The van der Waals surface area contributed by atoms with Gasteiger partial charge in [-0.2, -0.15) is 4.68 Å².